The summed E-state index contributed by atoms with van der Waals surface area (Å²) in [5.41, 5.74) is 0. The summed E-state index contributed by atoms with van der Waals surface area (Å²) in [4.78, 5) is 22.0. The lowest BCUT2D eigenvalue weighted by Gasteiger charge is -2.04. The molecular formula is C13H24N2O2. The number of hydrogen-bond acceptors (Lipinski definition) is 2. The van der Waals surface area contributed by atoms with Gasteiger partial charge in [0.05, 0.1) is 0 Å². The Hall–Kier alpha value is -1.32. The van der Waals surface area contributed by atoms with Crippen molar-refractivity contribution in [1.29, 1.82) is 0 Å². The van der Waals surface area contributed by atoms with Crippen molar-refractivity contribution in [3.8, 4) is 0 Å². The maximum absolute atomic E-state index is 11.0. The van der Waals surface area contributed by atoms with E-state index in [1.807, 2.05) is 13.8 Å². The average molecular weight is 240 g/mol. The number of unbranched alkanes of at least 4 members (excludes halogenated alkanes) is 3. The van der Waals surface area contributed by atoms with Crippen LogP contribution >= 0.6 is 0 Å². The molecule has 4 nitrogen and oxygen atoms in total. The van der Waals surface area contributed by atoms with Gasteiger partial charge in [-0.25, -0.2) is 0 Å². The molecule has 0 aromatic carbocycles. The van der Waals surface area contributed by atoms with Crippen molar-refractivity contribution in [2.75, 3.05) is 13.1 Å². The molecule has 0 unspecified atom stereocenters. The van der Waals surface area contributed by atoms with Crippen LogP contribution < -0.4 is 10.6 Å². The molecule has 0 heterocycles. The summed E-state index contributed by atoms with van der Waals surface area (Å²) in [5, 5.41) is 5.65. The number of carbonyl (C=O) groups excluding carboxylic acids is 2. The first-order valence-corrected chi connectivity index (χ1v) is 6.38. The Morgan fingerprint density at radius 1 is 1.00 bits per heavy atom. The van der Waals surface area contributed by atoms with Crippen LogP contribution in [0.15, 0.2) is 12.2 Å². The number of rotatable bonds is 9. The lowest BCUT2D eigenvalue weighted by atomic mass is 10.2. The van der Waals surface area contributed by atoms with E-state index in [-0.39, 0.29) is 11.8 Å². The number of hydrogen-bond donors (Lipinski definition) is 2. The Bertz CT molecular complexity index is 250. The van der Waals surface area contributed by atoms with Gasteiger partial charge in [0.1, 0.15) is 0 Å². The predicted molar refractivity (Wildman–Crippen MR) is 69.6 cm³/mol. The molecule has 0 saturated heterocycles. The van der Waals surface area contributed by atoms with Crippen LogP contribution in [0.3, 0.4) is 0 Å². The molecule has 0 atom stereocenters. The fraction of sp³-hybridized carbons (Fsp3) is 0.692. The van der Waals surface area contributed by atoms with Crippen LogP contribution in [0.5, 0.6) is 0 Å². The minimum Gasteiger partial charge on any atom is -0.356 e. The van der Waals surface area contributed by atoms with Crippen LogP contribution in [0.2, 0.25) is 0 Å². The van der Waals surface area contributed by atoms with Gasteiger partial charge in [-0.1, -0.05) is 25.8 Å². The molecule has 4 heteroatoms. The van der Waals surface area contributed by atoms with Crippen LogP contribution in [-0.4, -0.2) is 24.9 Å². The first-order valence-electron chi connectivity index (χ1n) is 6.38. The third-order valence-corrected chi connectivity index (χ3v) is 2.36. The molecule has 0 fully saturated rings. The van der Waals surface area contributed by atoms with Crippen LogP contribution in [0.1, 0.15) is 46.0 Å². The molecule has 0 rings (SSSR count). The normalized spacial score (nSPS) is 10.5. The lowest BCUT2D eigenvalue weighted by molar-refractivity contribution is -0.120. The van der Waals surface area contributed by atoms with Gasteiger partial charge in [-0.15, -0.1) is 0 Å². The Labute approximate surface area is 104 Å². The third kappa shape index (κ3) is 11.0. The molecule has 0 saturated carbocycles. The Morgan fingerprint density at radius 2 is 1.59 bits per heavy atom. The monoisotopic (exact) mass is 240 g/mol. The van der Waals surface area contributed by atoms with Gasteiger partial charge in [0, 0.05) is 19.5 Å². The highest BCUT2D eigenvalue weighted by atomic mass is 16.2. The van der Waals surface area contributed by atoms with Crippen LogP contribution in [-0.2, 0) is 9.59 Å². The van der Waals surface area contributed by atoms with Gasteiger partial charge in [-0.2, -0.15) is 0 Å². The van der Waals surface area contributed by atoms with Gasteiger partial charge in [0.25, 0.3) is 0 Å². The van der Waals surface area contributed by atoms with Crippen LogP contribution in [0.4, 0.5) is 0 Å². The van der Waals surface area contributed by atoms with E-state index in [0.29, 0.717) is 6.42 Å². The smallest absolute Gasteiger partial charge is 0.243 e. The highest BCUT2D eigenvalue weighted by Crippen LogP contribution is 1.97. The second-order valence-corrected chi connectivity index (χ2v) is 3.91. The lowest BCUT2D eigenvalue weighted by Crippen LogP contribution is -2.23. The molecule has 98 valence electrons. The second kappa shape index (κ2) is 11.2. The van der Waals surface area contributed by atoms with E-state index < -0.39 is 0 Å². The molecule has 0 aliphatic heterocycles. The van der Waals surface area contributed by atoms with E-state index in [1.165, 1.54) is 6.08 Å². The highest BCUT2D eigenvalue weighted by Gasteiger charge is 1.96. The summed E-state index contributed by atoms with van der Waals surface area (Å²) in [6.45, 7) is 5.16. The molecule has 0 aromatic heterocycles. The molecule has 0 bridgehead atoms. The van der Waals surface area contributed by atoms with Crippen molar-refractivity contribution in [2.45, 2.75) is 46.0 Å². The second-order valence-electron chi connectivity index (χ2n) is 3.91. The predicted octanol–water partition coefficient (Wildman–Crippen LogP) is 1.77. The molecule has 0 radical (unpaired) electrons. The zero-order chi connectivity index (χ0) is 12.9. The van der Waals surface area contributed by atoms with E-state index in [1.54, 1.807) is 6.08 Å². The molecule has 2 amide bonds. The summed E-state index contributed by atoms with van der Waals surface area (Å²) in [5.74, 6) is 0.0892. The first-order chi connectivity index (χ1) is 8.20. The summed E-state index contributed by atoms with van der Waals surface area (Å²) >= 11 is 0. The maximum atomic E-state index is 11.0. The zero-order valence-corrected chi connectivity index (χ0v) is 10.9. The standard InChI is InChI=1S/C13H24N2O2/c1-3-9-13(17)15-11-8-6-5-7-10-14-12(16)4-2/h3,9H,4-8,10-11H2,1-2H3,(H,14,16)(H,15,17)/b9-3+. The third-order valence-electron chi connectivity index (χ3n) is 2.36. The number of allylic oxidation sites excluding steroid dienone is 1. The first kappa shape index (κ1) is 15.7. The van der Waals surface area contributed by atoms with Crippen molar-refractivity contribution < 1.29 is 9.59 Å². The maximum Gasteiger partial charge on any atom is 0.243 e. The van der Waals surface area contributed by atoms with Crippen molar-refractivity contribution in [3.05, 3.63) is 12.2 Å². The van der Waals surface area contributed by atoms with Crippen LogP contribution in [0, 0.1) is 0 Å². The van der Waals surface area contributed by atoms with Gasteiger partial charge in [0.2, 0.25) is 11.8 Å². The molecule has 0 aliphatic carbocycles. The Balaban J connectivity index is 3.19. The summed E-state index contributed by atoms with van der Waals surface area (Å²) < 4.78 is 0. The van der Waals surface area contributed by atoms with Gasteiger partial charge < -0.3 is 10.6 Å². The highest BCUT2D eigenvalue weighted by molar-refractivity contribution is 5.87. The van der Waals surface area contributed by atoms with Gasteiger partial charge >= 0.3 is 0 Å². The van der Waals surface area contributed by atoms with E-state index in [4.69, 9.17) is 0 Å². The van der Waals surface area contributed by atoms with Crippen molar-refractivity contribution in [1.82, 2.24) is 10.6 Å². The molecule has 2 N–H and O–H groups in total. The number of amides is 2. The van der Waals surface area contributed by atoms with Gasteiger partial charge in [0.15, 0.2) is 0 Å². The van der Waals surface area contributed by atoms with E-state index in [2.05, 4.69) is 10.6 Å². The molecule has 0 aliphatic rings. The number of carbonyl (C=O) groups is 2. The quantitative estimate of drug-likeness (QED) is 0.476. The van der Waals surface area contributed by atoms with Crippen LogP contribution in [0.25, 0.3) is 0 Å². The van der Waals surface area contributed by atoms with Crippen molar-refractivity contribution in [3.63, 3.8) is 0 Å². The Morgan fingerprint density at radius 3 is 2.12 bits per heavy atom. The minimum atomic E-state index is -0.0253. The minimum absolute atomic E-state index is 0.0253. The summed E-state index contributed by atoms with van der Waals surface area (Å²) in [7, 11) is 0. The van der Waals surface area contributed by atoms with Crippen molar-refractivity contribution >= 4 is 11.8 Å². The largest absolute Gasteiger partial charge is 0.356 e. The van der Waals surface area contributed by atoms with Gasteiger partial charge in [-0.3, -0.25) is 9.59 Å². The SMILES string of the molecule is C/C=C/C(=O)NCCCCCCNC(=O)CC. The molecule has 0 spiro atoms. The zero-order valence-electron chi connectivity index (χ0n) is 10.9. The van der Waals surface area contributed by atoms with E-state index in [0.717, 1.165) is 38.8 Å². The topological polar surface area (TPSA) is 58.2 Å². The average Bonchev–Trinajstić information content (AvgIpc) is 2.32. The molecular weight excluding hydrogens is 216 g/mol. The van der Waals surface area contributed by atoms with E-state index >= 15 is 0 Å². The summed E-state index contributed by atoms with van der Waals surface area (Å²) in [6, 6.07) is 0. The number of nitrogens with one attached hydrogen (secondary N) is 2. The van der Waals surface area contributed by atoms with E-state index in [9.17, 15) is 9.59 Å². The van der Waals surface area contributed by atoms with Gasteiger partial charge in [-0.05, 0) is 25.8 Å². The fourth-order valence-corrected chi connectivity index (χ4v) is 1.38. The fourth-order valence-electron chi connectivity index (χ4n) is 1.38. The summed E-state index contributed by atoms with van der Waals surface area (Å²) in [6.07, 6.45) is 7.98. The molecule has 0 aromatic rings. The van der Waals surface area contributed by atoms with Crippen molar-refractivity contribution in [2.24, 2.45) is 0 Å². The molecule has 17 heavy (non-hydrogen) atoms. The Kier molecular flexibility index (Phi) is 10.3.